The van der Waals surface area contributed by atoms with Crippen LogP contribution < -0.4 is 0 Å². The molecule has 4 heteroatoms. The van der Waals surface area contributed by atoms with E-state index in [4.69, 9.17) is 9.84 Å². The van der Waals surface area contributed by atoms with Crippen LogP contribution in [0.3, 0.4) is 0 Å². The SMILES string of the molecule is CC[C@@H](O)[C@@H]1C[C@@H](CCCC(=O)O)CO1. The third-order valence-electron chi connectivity index (χ3n) is 2.96. The van der Waals surface area contributed by atoms with Crippen LogP contribution in [0.5, 0.6) is 0 Å². The minimum Gasteiger partial charge on any atom is -0.481 e. The number of ether oxygens (including phenoxy) is 1. The molecule has 0 aliphatic carbocycles. The minimum absolute atomic E-state index is 0.0372. The third-order valence-corrected chi connectivity index (χ3v) is 2.96. The second-order valence-corrected chi connectivity index (χ2v) is 4.24. The number of carbonyl (C=O) groups is 1. The molecular formula is C11H20O4. The molecule has 1 saturated heterocycles. The lowest BCUT2D eigenvalue weighted by Crippen LogP contribution is -2.24. The zero-order chi connectivity index (χ0) is 11.3. The first-order valence-electron chi connectivity index (χ1n) is 5.65. The summed E-state index contributed by atoms with van der Waals surface area (Å²) in [6.07, 6.45) is 3.01. The lowest BCUT2D eigenvalue weighted by molar-refractivity contribution is -0.137. The Bertz CT molecular complexity index is 205. The van der Waals surface area contributed by atoms with E-state index >= 15 is 0 Å². The van der Waals surface area contributed by atoms with E-state index in [0.29, 0.717) is 25.4 Å². The smallest absolute Gasteiger partial charge is 0.303 e. The zero-order valence-electron chi connectivity index (χ0n) is 9.19. The molecule has 0 spiro atoms. The van der Waals surface area contributed by atoms with Crippen molar-refractivity contribution in [2.24, 2.45) is 5.92 Å². The van der Waals surface area contributed by atoms with E-state index in [9.17, 15) is 9.90 Å². The number of hydrogen-bond acceptors (Lipinski definition) is 3. The van der Waals surface area contributed by atoms with Gasteiger partial charge in [0.1, 0.15) is 0 Å². The van der Waals surface area contributed by atoms with Crippen molar-refractivity contribution in [3.63, 3.8) is 0 Å². The molecule has 0 aromatic rings. The summed E-state index contributed by atoms with van der Waals surface area (Å²) in [5.41, 5.74) is 0. The summed E-state index contributed by atoms with van der Waals surface area (Å²) >= 11 is 0. The number of carboxylic acid groups (broad SMARTS) is 1. The Morgan fingerprint density at radius 3 is 2.93 bits per heavy atom. The van der Waals surface area contributed by atoms with Crippen molar-refractivity contribution in [1.82, 2.24) is 0 Å². The average Bonchev–Trinajstić information content (AvgIpc) is 2.65. The molecule has 0 unspecified atom stereocenters. The molecule has 0 aromatic carbocycles. The van der Waals surface area contributed by atoms with Gasteiger partial charge in [-0.2, -0.15) is 0 Å². The molecule has 15 heavy (non-hydrogen) atoms. The number of aliphatic hydroxyl groups excluding tert-OH is 1. The maximum Gasteiger partial charge on any atom is 0.303 e. The van der Waals surface area contributed by atoms with Crippen molar-refractivity contribution in [3.8, 4) is 0 Å². The molecule has 1 aliphatic rings. The van der Waals surface area contributed by atoms with Crippen LogP contribution in [0.15, 0.2) is 0 Å². The van der Waals surface area contributed by atoms with Gasteiger partial charge in [-0.1, -0.05) is 6.92 Å². The highest BCUT2D eigenvalue weighted by atomic mass is 16.5. The van der Waals surface area contributed by atoms with Gasteiger partial charge in [0.05, 0.1) is 12.2 Å². The van der Waals surface area contributed by atoms with E-state index in [2.05, 4.69) is 0 Å². The number of carboxylic acids is 1. The van der Waals surface area contributed by atoms with Gasteiger partial charge < -0.3 is 14.9 Å². The molecule has 0 bridgehead atoms. The Balaban J connectivity index is 2.16. The topological polar surface area (TPSA) is 66.8 Å². The third kappa shape index (κ3) is 4.18. The van der Waals surface area contributed by atoms with Crippen LogP contribution in [0.25, 0.3) is 0 Å². The summed E-state index contributed by atoms with van der Waals surface area (Å²) in [7, 11) is 0. The lowest BCUT2D eigenvalue weighted by atomic mass is 9.96. The van der Waals surface area contributed by atoms with Crippen LogP contribution in [0.1, 0.15) is 39.0 Å². The molecule has 0 radical (unpaired) electrons. The molecule has 4 nitrogen and oxygen atoms in total. The summed E-state index contributed by atoms with van der Waals surface area (Å²) in [6.45, 7) is 2.60. The second kappa shape index (κ2) is 6.08. The van der Waals surface area contributed by atoms with Gasteiger partial charge in [-0.05, 0) is 31.6 Å². The predicted molar refractivity (Wildman–Crippen MR) is 55.6 cm³/mol. The van der Waals surface area contributed by atoms with Gasteiger partial charge in [-0.25, -0.2) is 0 Å². The molecule has 3 atom stereocenters. The molecule has 1 heterocycles. The Kier molecular flexibility index (Phi) is 5.05. The average molecular weight is 216 g/mol. The number of hydrogen-bond donors (Lipinski definition) is 2. The van der Waals surface area contributed by atoms with Crippen LogP contribution in [-0.4, -0.2) is 35.0 Å². The van der Waals surface area contributed by atoms with Gasteiger partial charge >= 0.3 is 5.97 Å². The first-order valence-corrected chi connectivity index (χ1v) is 5.65. The van der Waals surface area contributed by atoms with Crippen LogP contribution in [0.2, 0.25) is 0 Å². The van der Waals surface area contributed by atoms with Gasteiger partial charge in [0.15, 0.2) is 0 Å². The summed E-state index contributed by atoms with van der Waals surface area (Å²) in [5.74, 6) is -0.311. The van der Waals surface area contributed by atoms with E-state index in [0.717, 1.165) is 12.8 Å². The standard InChI is InChI=1S/C11H20O4/c1-2-9(12)10-6-8(7-15-10)4-3-5-11(13)14/h8-10,12H,2-7H2,1H3,(H,13,14)/t8-,9-,10+/m1/s1. The molecule has 0 saturated carbocycles. The number of aliphatic hydroxyl groups is 1. The van der Waals surface area contributed by atoms with Gasteiger partial charge in [0.2, 0.25) is 0 Å². The Morgan fingerprint density at radius 1 is 1.60 bits per heavy atom. The van der Waals surface area contributed by atoms with Crippen molar-refractivity contribution >= 4 is 5.97 Å². The van der Waals surface area contributed by atoms with E-state index in [-0.39, 0.29) is 18.6 Å². The highest BCUT2D eigenvalue weighted by Crippen LogP contribution is 2.27. The fourth-order valence-electron chi connectivity index (χ4n) is 2.00. The van der Waals surface area contributed by atoms with Crippen LogP contribution in [0, 0.1) is 5.92 Å². The fourth-order valence-corrected chi connectivity index (χ4v) is 2.00. The Morgan fingerprint density at radius 2 is 2.33 bits per heavy atom. The normalized spacial score (nSPS) is 27.9. The lowest BCUT2D eigenvalue weighted by Gasteiger charge is -2.15. The molecule has 88 valence electrons. The van der Waals surface area contributed by atoms with Crippen LogP contribution >= 0.6 is 0 Å². The largest absolute Gasteiger partial charge is 0.481 e. The van der Waals surface area contributed by atoms with E-state index in [1.54, 1.807) is 0 Å². The number of rotatable bonds is 6. The molecule has 1 aliphatic heterocycles. The Hall–Kier alpha value is -0.610. The first-order chi connectivity index (χ1) is 7.13. The molecule has 2 N–H and O–H groups in total. The minimum atomic E-state index is -0.737. The molecule has 0 aromatic heterocycles. The van der Waals surface area contributed by atoms with Crippen LogP contribution in [-0.2, 0) is 9.53 Å². The van der Waals surface area contributed by atoms with Gasteiger partial charge in [-0.3, -0.25) is 4.79 Å². The molecular weight excluding hydrogens is 196 g/mol. The van der Waals surface area contributed by atoms with Crippen molar-refractivity contribution < 1.29 is 19.7 Å². The Labute approximate surface area is 90.2 Å². The quantitative estimate of drug-likeness (QED) is 0.704. The van der Waals surface area contributed by atoms with Gasteiger partial charge in [0, 0.05) is 13.0 Å². The summed E-state index contributed by atoms with van der Waals surface area (Å²) in [5, 5.41) is 18.1. The van der Waals surface area contributed by atoms with Crippen LogP contribution in [0.4, 0.5) is 0 Å². The monoisotopic (exact) mass is 216 g/mol. The highest BCUT2D eigenvalue weighted by molar-refractivity contribution is 5.66. The summed E-state index contributed by atoms with van der Waals surface area (Å²) in [4.78, 5) is 10.3. The summed E-state index contributed by atoms with van der Waals surface area (Å²) < 4.78 is 5.48. The van der Waals surface area contributed by atoms with Gasteiger partial charge in [0.25, 0.3) is 0 Å². The van der Waals surface area contributed by atoms with E-state index in [1.807, 2.05) is 6.92 Å². The van der Waals surface area contributed by atoms with Gasteiger partial charge in [-0.15, -0.1) is 0 Å². The first kappa shape index (κ1) is 12.5. The van der Waals surface area contributed by atoms with E-state index in [1.165, 1.54) is 0 Å². The molecule has 1 fully saturated rings. The van der Waals surface area contributed by atoms with Crippen molar-refractivity contribution in [2.45, 2.75) is 51.2 Å². The van der Waals surface area contributed by atoms with Crippen molar-refractivity contribution in [3.05, 3.63) is 0 Å². The molecule has 0 amide bonds. The molecule has 1 rings (SSSR count). The summed E-state index contributed by atoms with van der Waals surface area (Å²) in [6, 6.07) is 0. The highest BCUT2D eigenvalue weighted by Gasteiger charge is 2.29. The van der Waals surface area contributed by atoms with E-state index < -0.39 is 5.97 Å². The van der Waals surface area contributed by atoms with Crippen molar-refractivity contribution in [1.29, 1.82) is 0 Å². The maximum absolute atomic E-state index is 10.3. The second-order valence-electron chi connectivity index (χ2n) is 4.24. The van der Waals surface area contributed by atoms with Crippen molar-refractivity contribution in [2.75, 3.05) is 6.61 Å². The number of aliphatic carboxylic acids is 1. The maximum atomic E-state index is 10.3. The predicted octanol–water partition coefficient (Wildman–Crippen LogP) is 1.42. The zero-order valence-corrected chi connectivity index (χ0v) is 9.19. The fraction of sp³-hybridized carbons (Fsp3) is 0.909.